The third-order valence-corrected chi connectivity index (χ3v) is 4.33. The molecule has 0 spiro atoms. The third kappa shape index (κ3) is 4.44. The molecule has 0 unspecified atom stereocenters. The molecule has 2 fully saturated rings. The molecule has 5 heteroatoms. The molecule has 0 bridgehead atoms. The Morgan fingerprint density at radius 2 is 1.84 bits per heavy atom. The fraction of sp³-hybridized carbons (Fsp3) is 0.929. The average molecular weight is 272 g/mol. The summed E-state index contributed by atoms with van der Waals surface area (Å²) in [6.07, 6.45) is 4.20. The van der Waals surface area contributed by atoms with E-state index in [2.05, 4.69) is 0 Å². The molecule has 0 aromatic rings. The van der Waals surface area contributed by atoms with Gasteiger partial charge in [-0.1, -0.05) is 0 Å². The summed E-state index contributed by atoms with van der Waals surface area (Å²) < 4.78 is 10.9. The predicted octanol–water partition coefficient (Wildman–Crippen LogP) is 1.44. The van der Waals surface area contributed by atoms with Crippen molar-refractivity contribution in [3.63, 3.8) is 0 Å². The predicted molar refractivity (Wildman–Crippen MR) is 68.9 cm³/mol. The Morgan fingerprint density at radius 3 is 2.42 bits per heavy atom. The maximum atomic E-state index is 10.9. The highest BCUT2D eigenvalue weighted by Gasteiger charge is 2.36. The van der Waals surface area contributed by atoms with Gasteiger partial charge in [0, 0.05) is 19.8 Å². The van der Waals surface area contributed by atoms with Crippen LogP contribution in [-0.4, -0.2) is 48.2 Å². The molecule has 1 saturated carbocycles. The maximum Gasteiger partial charge on any atom is 0.306 e. The molecule has 0 radical (unpaired) electrons. The van der Waals surface area contributed by atoms with Gasteiger partial charge in [0.05, 0.1) is 18.1 Å². The lowest BCUT2D eigenvalue weighted by molar-refractivity contribution is -0.146. The first-order valence-electron chi connectivity index (χ1n) is 7.20. The Morgan fingerprint density at radius 1 is 1.21 bits per heavy atom. The second kappa shape index (κ2) is 6.68. The van der Waals surface area contributed by atoms with Gasteiger partial charge in [-0.05, 0) is 44.4 Å². The lowest BCUT2D eigenvalue weighted by Crippen LogP contribution is -2.40. The van der Waals surface area contributed by atoms with Gasteiger partial charge in [0.1, 0.15) is 0 Å². The lowest BCUT2D eigenvalue weighted by Gasteiger charge is -2.35. The first kappa shape index (κ1) is 14.8. The number of hydrogen-bond donors (Lipinski definition) is 2. The van der Waals surface area contributed by atoms with Gasteiger partial charge in [-0.3, -0.25) is 4.79 Å². The van der Waals surface area contributed by atoms with Crippen molar-refractivity contribution in [1.82, 2.24) is 0 Å². The zero-order valence-electron chi connectivity index (χ0n) is 11.3. The van der Waals surface area contributed by atoms with Crippen LogP contribution in [0.15, 0.2) is 0 Å². The Hall–Kier alpha value is -0.650. The van der Waals surface area contributed by atoms with Gasteiger partial charge >= 0.3 is 5.97 Å². The first-order chi connectivity index (χ1) is 9.09. The van der Waals surface area contributed by atoms with E-state index in [1.807, 2.05) is 0 Å². The van der Waals surface area contributed by atoms with E-state index in [1.54, 1.807) is 0 Å². The summed E-state index contributed by atoms with van der Waals surface area (Å²) in [4.78, 5) is 10.9. The number of carbonyl (C=O) groups is 1. The van der Waals surface area contributed by atoms with Crippen LogP contribution < -0.4 is 0 Å². The molecule has 0 aromatic heterocycles. The van der Waals surface area contributed by atoms with Crippen LogP contribution in [0, 0.1) is 11.8 Å². The molecule has 1 aliphatic heterocycles. The smallest absolute Gasteiger partial charge is 0.306 e. The van der Waals surface area contributed by atoms with E-state index < -0.39 is 11.6 Å². The minimum absolute atomic E-state index is 0.296. The van der Waals surface area contributed by atoms with Crippen molar-refractivity contribution in [2.75, 3.05) is 26.4 Å². The van der Waals surface area contributed by atoms with Gasteiger partial charge in [0.15, 0.2) is 0 Å². The van der Waals surface area contributed by atoms with Crippen LogP contribution in [0.4, 0.5) is 0 Å². The number of carboxylic acid groups (broad SMARTS) is 1. The largest absolute Gasteiger partial charge is 0.481 e. The van der Waals surface area contributed by atoms with Gasteiger partial charge < -0.3 is 19.7 Å². The lowest BCUT2D eigenvalue weighted by atomic mass is 9.79. The first-order valence-corrected chi connectivity index (χ1v) is 7.20. The highest BCUT2D eigenvalue weighted by atomic mass is 16.5. The van der Waals surface area contributed by atoms with Crippen molar-refractivity contribution in [3.05, 3.63) is 0 Å². The van der Waals surface area contributed by atoms with Crippen LogP contribution in [0.5, 0.6) is 0 Å². The van der Waals surface area contributed by atoms with E-state index in [-0.39, 0.29) is 5.92 Å². The minimum atomic E-state index is -0.822. The summed E-state index contributed by atoms with van der Waals surface area (Å²) >= 11 is 0. The molecular weight excluding hydrogens is 248 g/mol. The standard InChI is InChI=1S/C14H24O5/c15-13(16)12-1-5-14(17,6-2-12)10-19-9-11-3-7-18-8-4-11/h11-12,17H,1-10H2,(H,15,16). The molecule has 110 valence electrons. The number of rotatable bonds is 5. The van der Waals surface area contributed by atoms with E-state index in [0.717, 1.165) is 26.1 Å². The second-order valence-corrected chi connectivity index (χ2v) is 5.91. The van der Waals surface area contributed by atoms with Gasteiger partial charge in [-0.15, -0.1) is 0 Å². The van der Waals surface area contributed by atoms with Crippen LogP contribution >= 0.6 is 0 Å². The number of ether oxygens (including phenoxy) is 2. The van der Waals surface area contributed by atoms with E-state index in [1.165, 1.54) is 0 Å². The summed E-state index contributed by atoms with van der Waals surface area (Å²) in [6, 6.07) is 0. The SMILES string of the molecule is O=C(O)C1CCC(O)(COCC2CCOCC2)CC1. The fourth-order valence-electron chi connectivity index (χ4n) is 2.88. The summed E-state index contributed by atoms with van der Waals surface area (Å²) in [6.45, 7) is 2.61. The normalized spacial score (nSPS) is 33.2. The second-order valence-electron chi connectivity index (χ2n) is 5.91. The number of aliphatic carboxylic acids is 1. The molecule has 1 aliphatic carbocycles. The maximum absolute atomic E-state index is 10.9. The van der Waals surface area contributed by atoms with Crippen LogP contribution in [0.3, 0.4) is 0 Å². The summed E-state index contributed by atoms with van der Waals surface area (Å²) in [5.41, 5.74) is -0.822. The van der Waals surface area contributed by atoms with Crippen LogP contribution in [0.2, 0.25) is 0 Å². The summed E-state index contributed by atoms with van der Waals surface area (Å²) in [5.74, 6) is -0.506. The molecule has 0 amide bonds. The molecular formula is C14H24O5. The van der Waals surface area contributed by atoms with Crippen molar-refractivity contribution in [1.29, 1.82) is 0 Å². The van der Waals surface area contributed by atoms with Gasteiger partial charge in [-0.25, -0.2) is 0 Å². The van der Waals surface area contributed by atoms with Gasteiger partial charge in [-0.2, -0.15) is 0 Å². The van der Waals surface area contributed by atoms with E-state index in [4.69, 9.17) is 14.6 Å². The molecule has 0 atom stereocenters. The molecule has 19 heavy (non-hydrogen) atoms. The number of carboxylic acids is 1. The van der Waals surface area contributed by atoms with Crippen LogP contribution in [0.1, 0.15) is 38.5 Å². The molecule has 5 nitrogen and oxygen atoms in total. The van der Waals surface area contributed by atoms with Crippen molar-refractivity contribution in [2.24, 2.45) is 11.8 Å². The molecule has 1 saturated heterocycles. The zero-order chi connectivity index (χ0) is 13.7. The highest BCUT2D eigenvalue weighted by molar-refractivity contribution is 5.70. The van der Waals surface area contributed by atoms with Gasteiger partial charge in [0.2, 0.25) is 0 Å². The van der Waals surface area contributed by atoms with Crippen molar-refractivity contribution < 1.29 is 24.5 Å². The Balaban J connectivity index is 1.66. The van der Waals surface area contributed by atoms with Gasteiger partial charge in [0.25, 0.3) is 0 Å². The molecule has 2 N–H and O–H groups in total. The summed E-state index contributed by atoms with van der Waals surface area (Å²) in [7, 11) is 0. The average Bonchev–Trinajstić information content (AvgIpc) is 2.40. The topological polar surface area (TPSA) is 76.0 Å². The van der Waals surface area contributed by atoms with Crippen LogP contribution in [-0.2, 0) is 14.3 Å². The van der Waals surface area contributed by atoms with E-state index >= 15 is 0 Å². The quantitative estimate of drug-likeness (QED) is 0.792. The molecule has 2 aliphatic rings. The Kier molecular flexibility index (Phi) is 5.19. The number of aliphatic hydroxyl groups is 1. The summed E-state index contributed by atoms with van der Waals surface area (Å²) in [5, 5.41) is 19.3. The third-order valence-electron chi connectivity index (χ3n) is 4.33. The fourth-order valence-corrected chi connectivity index (χ4v) is 2.88. The monoisotopic (exact) mass is 272 g/mol. The van der Waals surface area contributed by atoms with E-state index in [0.29, 0.717) is 44.8 Å². The molecule has 1 heterocycles. The number of hydrogen-bond acceptors (Lipinski definition) is 4. The highest BCUT2D eigenvalue weighted by Crippen LogP contribution is 2.32. The molecule has 2 rings (SSSR count). The van der Waals surface area contributed by atoms with E-state index in [9.17, 15) is 9.90 Å². The zero-order valence-corrected chi connectivity index (χ0v) is 11.3. The Labute approximate surface area is 113 Å². The van der Waals surface area contributed by atoms with Crippen molar-refractivity contribution >= 4 is 5.97 Å². The van der Waals surface area contributed by atoms with Crippen LogP contribution in [0.25, 0.3) is 0 Å². The minimum Gasteiger partial charge on any atom is -0.481 e. The van der Waals surface area contributed by atoms with Crippen molar-refractivity contribution in [3.8, 4) is 0 Å². The van der Waals surface area contributed by atoms with Crippen molar-refractivity contribution in [2.45, 2.75) is 44.1 Å². The molecule has 0 aromatic carbocycles. The Bertz CT molecular complexity index is 290.